The van der Waals surface area contributed by atoms with Crippen molar-refractivity contribution in [2.24, 2.45) is 0 Å². The summed E-state index contributed by atoms with van der Waals surface area (Å²) in [6.07, 6.45) is 9.36. The number of hydrogen-bond donors (Lipinski definition) is 1. The predicted octanol–water partition coefficient (Wildman–Crippen LogP) is 3.64. The van der Waals surface area contributed by atoms with Gasteiger partial charge in [0, 0.05) is 18.0 Å². The Labute approximate surface area is 111 Å². The Morgan fingerprint density at radius 2 is 1.68 bits per heavy atom. The van der Waals surface area contributed by atoms with Crippen molar-refractivity contribution in [3.63, 3.8) is 0 Å². The number of hydrogen-bond acceptors (Lipinski definition) is 2. The average Bonchev–Trinajstić information content (AvgIpc) is 2.95. The van der Waals surface area contributed by atoms with E-state index in [1.165, 1.54) is 0 Å². The minimum atomic E-state index is 0.964. The van der Waals surface area contributed by atoms with Crippen LogP contribution in [0.4, 0.5) is 0 Å². The first-order valence-corrected chi connectivity index (χ1v) is 6.10. The van der Waals surface area contributed by atoms with E-state index in [0.717, 1.165) is 22.5 Å². The van der Waals surface area contributed by atoms with Crippen LogP contribution in [-0.4, -0.2) is 15.0 Å². The van der Waals surface area contributed by atoms with Crippen molar-refractivity contribution in [2.45, 2.75) is 0 Å². The lowest BCUT2D eigenvalue weighted by molar-refractivity contribution is 1.31. The van der Waals surface area contributed by atoms with Gasteiger partial charge in [0.1, 0.15) is 0 Å². The molecule has 0 unspecified atom stereocenters. The predicted molar refractivity (Wildman–Crippen MR) is 77.2 cm³/mol. The van der Waals surface area contributed by atoms with Crippen LogP contribution >= 0.6 is 0 Å². The van der Waals surface area contributed by atoms with E-state index < -0.39 is 0 Å². The second-order valence-electron chi connectivity index (χ2n) is 4.14. The third-order valence-corrected chi connectivity index (χ3v) is 2.86. The number of rotatable bonds is 3. The molecular formula is C16H13N3. The molecular weight excluding hydrogens is 234 g/mol. The third-order valence-electron chi connectivity index (χ3n) is 2.86. The Balaban J connectivity index is 1.91. The summed E-state index contributed by atoms with van der Waals surface area (Å²) in [6.45, 7) is 0. The maximum Gasteiger partial charge on any atom is 0.0954 e. The van der Waals surface area contributed by atoms with Crippen LogP contribution in [0.15, 0.2) is 61.2 Å². The Morgan fingerprint density at radius 1 is 0.895 bits per heavy atom. The van der Waals surface area contributed by atoms with E-state index in [9.17, 15) is 0 Å². The smallest absolute Gasteiger partial charge is 0.0954 e. The Kier molecular flexibility index (Phi) is 3.19. The van der Waals surface area contributed by atoms with Gasteiger partial charge >= 0.3 is 0 Å². The second kappa shape index (κ2) is 5.31. The summed E-state index contributed by atoms with van der Waals surface area (Å²) >= 11 is 0. The molecule has 3 rings (SSSR count). The highest BCUT2D eigenvalue weighted by Gasteiger charge is 2.04. The molecule has 2 aromatic heterocycles. The SMILES string of the molecule is C(=Cc1[nH]cnc1-c1ccccc1)c1ccncc1. The van der Waals surface area contributed by atoms with Gasteiger partial charge in [0.05, 0.1) is 17.7 Å². The van der Waals surface area contributed by atoms with Crippen molar-refractivity contribution in [3.8, 4) is 11.3 Å². The van der Waals surface area contributed by atoms with Gasteiger partial charge in [0.25, 0.3) is 0 Å². The van der Waals surface area contributed by atoms with Gasteiger partial charge in [-0.05, 0) is 23.8 Å². The van der Waals surface area contributed by atoms with E-state index in [4.69, 9.17) is 0 Å². The van der Waals surface area contributed by atoms with Crippen molar-refractivity contribution < 1.29 is 0 Å². The molecule has 3 aromatic rings. The van der Waals surface area contributed by atoms with E-state index in [2.05, 4.69) is 27.1 Å². The number of aromatic amines is 1. The zero-order chi connectivity index (χ0) is 12.9. The number of nitrogens with zero attached hydrogens (tertiary/aromatic N) is 2. The lowest BCUT2D eigenvalue weighted by atomic mass is 10.1. The molecule has 92 valence electrons. The molecule has 0 saturated heterocycles. The van der Waals surface area contributed by atoms with E-state index in [1.54, 1.807) is 18.7 Å². The first-order chi connectivity index (χ1) is 9.43. The fourth-order valence-electron chi connectivity index (χ4n) is 1.91. The van der Waals surface area contributed by atoms with Gasteiger partial charge in [-0.1, -0.05) is 36.4 Å². The summed E-state index contributed by atoms with van der Waals surface area (Å²) < 4.78 is 0. The summed E-state index contributed by atoms with van der Waals surface area (Å²) in [4.78, 5) is 11.5. The zero-order valence-corrected chi connectivity index (χ0v) is 10.3. The molecule has 0 aliphatic heterocycles. The number of aromatic nitrogens is 3. The molecule has 0 amide bonds. The fraction of sp³-hybridized carbons (Fsp3) is 0. The summed E-state index contributed by atoms with van der Waals surface area (Å²) in [5.41, 5.74) is 4.19. The molecule has 0 spiro atoms. The monoisotopic (exact) mass is 247 g/mol. The van der Waals surface area contributed by atoms with E-state index in [0.29, 0.717) is 0 Å². The van der Waals surface area contributed by atoms with Crippen LogP contribution in [0.1, 0.15) is 11.3 Å². The normalized spacial score (nSPS) is 10.9. The summed E-state index contributed by atoms with van der Waals surface area (Å²) in [7, 11) is 0. The molecule has 0 atom stereocenters. The van der Waals surface area contributed by atoms with Crippen LogP contribution in [0, 0.1) is 0 Å². The average molecular weight is 247 g/mol. The first-order valence-electron chi connectivity index (χ1n) is 6.10. The fourth-order valence-corrected chi connectivity index (χ4v) is 1.91. The third kappa shape index (κ3) is 2.60. The Morgan fingerprint density at radius 3 is 2.47 bits per heavy atom. The van der Waals surface area contributed by atoms with E-state index in [1.807, 2.05) is 42.5 Å². The molecule has 0 aliphatic rings. The molecule has 0 bridgehead atoms. The maximum atomic E-state index is 4.38. The molecule has 2 heterocycles. The van der Waals surface area contributed by atoms with Crippen LogP contribution < -0.4 is 0 Å². The quantitative estimate of drug-likeness (QED) is 0.767. The molecule has 1 N–H and O–H groups in total. The van der Waals surface area contributed by atoms with Crippen LogP contribution in [0.5, 0.6) is 0 Å². The lowest BCUT2D eigenvalue weighted by Gasteiger charge is -1.98. The lowest BCUT2D eigenvalue weighted by Crippen LogP contribution is -1.81. The molecule has 0 saturated carbocycles. The molecule has 19 heavy (non-hydrogen) atoms. The highest BCUT2D eigenvalue weighted by molar-refractivity contribution is 5.76. The minimum absolute atomic E-state index is 0.964. The van der Waals surface area contributed by atoms with Crippen molar-refractivity contribution in [1.82, 2.24) is 15.0 Å². The van der Waals surface area contributed by atoms with Gasteiger partial charge in [-0.2, -0.15) is 0 Å². The van der Waals surface area contributed by atoms with Crippen molar-refractivity contribution in [1.29, 1.82) is 0 Å². The van der Waals surface area contributed by atoms with Crippen molar-refractivity contribution in [2.75, 3.05) is 0 Å². The van der Waals surface area contributed by atoms with E-state index in [-0.39, 0.29) is 0 Å². The highest BCUT2D eigenvalue weighted by atomic mass is 14.9. The van der Waals surface area contributed by atoms with E-state index >= 15 is 0 Å². The van der Waals surface area contributed by atoms with Gasteiger partial charge in [-0.25, -0.2) is 4.98 Å². The van der Waals surface area contributed by atoms with Crippen LogP contribution in [0.3, 0.4) is 0 Å². The Hall–Kier alpha value is -2.68. The first kappa shape index (κ1) is 11.4. The van der Waals surface area contributed by atoms with Crippen LogP contribution in [0.25, 0.3) is 23.4 Å². The number of nitrogens with one attached hydrogen (secondary N) is 1. The van der Waals surface area contributed by atoms with Gasteiger partial charge in [0.15, 0.2) is 0 Å². The number of H-pyrrole nitrogens is 1. The molecule has 1 aromatic carbocycles. The van der Waals surface area contributed by atoms with Crippen molar-refractivity contribution in [3.05, 3.63) is 72.4 Å². The topological polar surface area (TPSA) is 41.6 Å². The number of benzene rings is 1. The maximum absolute atomic E-state index is 4.38. The standard InChI is InChI=1S/C16H13N3/c1-2-4-14(5-3-1)16-15(18-12-19-16)7-6-13-8-10-17-11-9-13/h1-12H,(H,18,19). The summed E-state index contributed by atoms with van der Waals surface area (Å²) in [5.74, 6) is 0. The van der Waals surface area contributed by atoms with Gasteiger partial charge in [-0.15, -0.1) is 0 Å². The zero-order valence-electron chi connectivity index (χ0n) is 10.3. The molecule has 0 radical (unpaired) electrons. The Bertz CT molecular complexity index is 669. The van der Waals surface area contributed by atoms with Crippen molar-refractivity contribution >= 4 is 12.2 Å². The highest BCUT2D eigenvalue weighted by Crippen LogP contribution is 2.21. The molecule has 3 heteroatoms. The molecule has 0 fully saturated rings. The number of imidazole rings is 1. The molecule has 0 aliphatic carbocycles. The van der Waals surface area contributed by atoms with Crippen LogP contribution in [0.2, 0.25) is 0 Å². The largest absolute Gasteiger partial charge is 0.345 e. The molecule has 3 nitrogen and oxygen atoms in total. The minimum Gasteiger partial charge on any atom is -0.345 e. The summed E-state index contributed by atoms with van der Waals surface area (Å²) in [5, 5.41) is 0. The number of pyridine rings is 1. The summed E-state index contributed by atoms with van der Waals surface area (Å²) in [6, 6.07) is 14.1. The van der Waals surface area contributed by atoms with Gasteiger partial charge in [0.2, 0.25) is 0 Å². The van der Waals surface area contributed by atoms with Gasteiger partial charge < -0.3 is 4.98 Å². The second-order valence-corrected chi connectivity index (χ2v) is 4.14. The van der Waals surface area contributed by atoms with Gasteiger partial charge in [-0.3, -0.25) is 4.98 Å². The van der Waals surface area contributed by atoms with Crippen LogP contribution in [-0.2, 0) is 0 Å².